The molecule has 0 radical (unpaired) electrons. The molecule has 2 rings (SSSR count). The van der Waals surface area contributed by atoms with Gasteiger partial charge in [-0.25, -0.2) is 4.79 Å². The van der Waals surface area contributed by atoms with Crippen molar-refractivity contribution < 1.29 is 44.5 Å². The molecule has 1 aromatic carbocycles. The Morgan fingerprint density at radius 3 is 2.45 bits per heavy atom. The number of phenols is 1. The maximum Gasteiger partial charge on any atom is 0.333 e. The molecule has 1 fully saturated rings. The third kappa shape index (κ3) is 7.05. The fraction of sp³-hybridized carbons (Fsp3) is 0.500. The van der Waals surface area contributed by atoms with Gasteiger partial charge in [-0.05, 0) is 51.0 Å². The number of esters is 1. The molecule has 172 valence electrons. The van der Waals surface area contributed by atoms with Gasteiger partial charge in [0.2, 0.25) is 6.29 Å². The summed E-state index contributed by atoms with van der Waals surface area (Å²) in [5.41, 5.74) is -0.729. The van der Waals surface area contributed by atoms with Gasteiger partial charge in [-0.2, -0.15) is 0 Å². The second-order valence-electron chi connectivity index (χ2n) is 7.71. The van der Waals surface area contributed by atoms with Crippen LogP contribution in [-0.4, -0.2) is 74.4 Å². The van der Waals surface area contributed by atoms with Crippen molar-refractivity contribution in [2.45, 2.75) is 63.0 Å². The molecule has 1 aromatic rings. The lowest BCUT2D eigenvalue weighted by molar-refractivity contribution is -0.278. The van der Waals surface area contributed by atoms with Gasteiger partial charge >= 0.3 is 5.97 Å². The van der Waals surface area contributed by atoms with E-state index in [1.54, 1.807) is 19.9 Å². The zero-order valence-corrected chi connectivity index (χ0v) is 17.5. The van der Waals surface area contributed by atoms with Crippen LogP contribution in [-0.2, 0) is 14.3 Å². The minimum atomic E-state index is -1.59. The van der Waals surface area contributed by atoms with E-state index in [1.807, 2.05) is 0 Å². The summed E-state index contributed by atoms with van der Waals surface area (Å²) in [6.45, 7) is 6.33. The van der Waals surface area contributed by atoms with Crippen molar-refractivity contribution in [2.75, 3.05) is 6.61 Å². The van der Waals surface area contributed by atoms with Crippen molar-refractivity contribution >= 4 is 5.97 Å². The molecule has 1 aliphatic heterocycles. The fourth-order valence-electron chi connectivity index (χ4n) is 2.85. The molecule has 9 nitrogen and oxygen atoms in total. The van der Waals surface area contributed by atoms with Crippen LogP contribution in [0.2, 0.25) is 0 Å². The first-order chi connectivity index (χ1) is 14.5. The van der Waals surface area contributed by atoms with Gasteiger partial charge in [0.15, 0.2) is 0 Å². The highest BCUT2D eigenvalue weighted by Gasteiger charge is 2.45. The summed E-state index contributed by atoms with van der Waals surface area (Å²) in [5, 5.41) is 49.6. The van der Waals surface area contributed by atoms with Crippen molar-refractivity contribution in [2.24, 2.45) is 0 Å². The van der Waals surface area contributed by atoms with Gasteiger partial charge < -0.3 is 39.7 Å². The molecule has 0 aliphatic carbocycles. The van der Waals surface area contributed by atoms with Gasteiger partial charge in [0.05, 0.1) is 5.60 Å². The lowest BCUT2D eigenvalue weighted by Crippen LogP contribution is -2.60. The Balaban J connectivity index is 1.93. The second kappa shape index (κ2) is 10.7. The summed E-state index contributed by atoms with van der Waals surface area (Å²) in [5.74, 6) is -0.365. The van der Waals surface area contributed by atoms with Crippen LogP contribution in [0, 0.1) is 0 Å². The molecular weight excluding hydrogens is 408 g/mol. The van der Waals surface area contributed by atoms with Crippen LogP contribution in [0.1, 0.15) is 26.7 Å². The van der Waals surface area contributed by atoms with E-state index < -0.39 is 42.3 Å². The summed E-state index contributed by atoms with van der Waals surface area (Å²) in [4.78, 5) is 12.2. The number of ether oxygens (including phenoxy) is 3. The van der Waals surface area contributed by atoms with E-state index >= 15 is 0 Å². The first-order valence-electron chi connectivity index (χ1n) is 9.89. The third-order valence-electron chi connectivity index (χ3n) is 5.00. The highest BCUT2D eigenvalue weighted by molar-refractivity contribution is 5.87. The smallest absolute Gasteiger partial charge is 0.333 e. The quantitative estimate of drug-likeness (QED) is 0.214. The normalized spacial score (nSPS) is 28.5. The maximum atomic E-state index is 12.2. The highest BCUT2D eigenvalue weighted by atomic mass is 16.7. The summed E-state index contributed by atoms with van der Waals surface area (Å²) < 4.78 is 16.1. The van der Waals surface area contributed by atoms with Crippen molar-refractivity contribution in [3.05, 3.63) is 48.6 Å². The Kier molecular flexibility index (Phi) is 8.60. The van der Waals surface area contributed by atoms with Crippen LogP contribution in [0.3, 0.4) is 0 Å². The fourth-order valence-corrected chi connectivity index (χ4v) is 2.85. The van der Waals surface area contributed by atoms with Crippen molar-refractivity contribution in [1.82, 2.24) is 0 Å². The predicted octanol–water partition coefficient (Wildman–Crippen LogP) is 0.785. The van der Waals surface area contributed by atoms with Crippen LogP contribution in [0.25, 0.3) is 0 Å². The van der Waals surface area contributed by atoms with E-state index in [-0.39, 0.29) is 18.1 Å². The summed E-state index contributed by atoms with van der Waals surface area (Å²) in [6, 6.07) is 5.63. The zero-order chi connectivity index (χ0) is 23.2. The van der Waals surface area contributed by atoms with E-state index in [0.717, 1.165) is 0 Å². The van der Waals surface area contributed by atoms with E-state index in [2.05, 4.69) is 6.58 Å². The zero-order valence-electron chi connectivity index (χ0n) is 17.5. The second-order valence-corrected chi connectivity index (χ2v) is 7.71. The number of phenolic OH excluding ortho intramolecular Hbond substituents is 1. The molecule has 5 N–H and O–H groups in total. The molecule has 0 unspecified atom stereocenters. The first kappa shape index (κ1) is 24.8. The topological polar surface area (TPSA) is 146 Å². The number of aromatic hydroxyl groups is 1. The average molecular weight is 438 g/mol. The van der Waals surface area contributed by atoms with Crippen LogP contribution in [0.5, 0.6) is 11.5 Å². The molecular formula is C22H30O9. The number of carbonyl (C=O) groups is 1. The molecule has 0 amide bonds. The number of carbonyl (C=O) groups excluding carboxylic acids is 1. The predicted molar refractivity (Wildman–Crippen MR) is 110 cm³/mol. The number of aliphatic hydroxyl groups excluding tert-OH is 3. The van der Waals surface area contributed by atoms with Crippen LogP contribution in [0.15, 0.2) is 48.6 Å². The molecule has 1 saturated heterocycles. The van der Waals surface area contributed by atoms with Gasteiger partial charge in [-0.3, -0.25) is 0 Å². The number of rotatable bonds is 9. The highest BCUT2D eigenvalue weighted by Crippen LogP contribution is 2.26. The Labute approximate surface area is 180 Å². The SMILES string of the molecule is C=C[C@](C)(O)CCC=C(C)C(=O)OC[C@@H]1O[C@H](Oc2ccc(O)cc2)[C@H](O)[C@H](O)[C@H]1O. The molecule has 0 aromatic heterocycles. The number of allylic oxidation sites excluding steroid dienone is 1. The number of benzene rings is 1. The summed E-state index contributed by atoms with van der Waals surface area (Å²) in [6.07, 6.45) is -3.26. The van der Waals surface area contributed by atoms with E-state index in [1.165, 1.54) is 30.3 Å². The molecule has 0 saturated carbocycles. The Morgan fingerprint density at radius 2 is 1.84 bits per heavy atom. The van der Waals surface area contributed by atoms with Gasteiger partial charge in [-0.1, -0.05) is 12.2 Å². The molecule has 6 atom stereocenters. The summed E-state index contributed by atoms with van der Waals surface area (Å²) >= 11 is 0. The minimum absolute atomic E-state index is 0.0224. The van der Waals surface area contributed by atoms with Crippen LogP contribution >= 0.6 is 0 Å². The Bertz CT molecular complexity index is 772. The number of hydrogen-bond acceptors (Lipinski definition) is 9. The van der Waals surface area contributed by atoms with E-state index in [0.29, 0.717) is 18.4 Å². The van der Waals surface area contributed by atoms with Gasteiger partial charge in [0, 0.05) is 5.57 Å². The van der Waals surface area contributed by atoms with Crippen molar-refractivity contribution in [3.63, 3.8) is 0 Å². The monoisotopic (exact) mass is 438 g/mol. The summed E-state index contributed by atoms with van der Waals surface area (Å²) in [7, 11) is 0. The Morgan fingerprint density at radius 1 is 1.19 bits per heavy atom. The van der Waals surface area contributed by atoms with Crippen molar-refractivity contribution in [3.8, 4) is 11.5 Å². The standard InChI is InChI=1S/C22H30O9/c1-4-22(3,28)11-5-6-13(2)20(27)29-12-16-17(24)18(25)19(26)21(31-16)30-15-9-7-14(23)8-10-15/h4,6-10,16-19,21,23-26,28H,1,5,11-12H2,2-3H3/t16-,17-,18+,19+,21-,22-/m0/s1. The van der Waals surface area contributed by atoms with E-state index in [9.17, 15) is 30.3 Å². The van der Waals surface area contributed by atoms with Crippen LogP contribution < -0.4 is 4.74 Å². The lowest BCUT2D eigenvalue weighted by atomic mass is 9.99. The first-order valence-corrected chi connectivity index (χ1v) is 9.89. The van der Waals surface area contributed by atoms with Gasteiger partial charge in [0.1, 0.15) is 42.5 Å². The lowest BCUT2D eigenvalue weighted by Gasteiger charge is -2.39. The number of hydrogen-bond donors (Lipinski definition) is 5. The van der Waals surface area contributed by atoms with E-state index in [4.69, 9.17) is 14.2 Å². The van der Waals surface area contributed by atoms with Gasteiger partial charge in [0.25, 0.3) is 0 Å². The molecule has 1 aliphatic rings. The number of aliphatic hydroxyl groups is 4. The molecule has 1 heterocycles. The maximum absolute atomic E-state index is 12.2. The minimum Gasteiger partial charge on any atom is -0.508 e. The van der Waals surface area contributed by atoms with Gasteiger partial charge in [-0.15, -0.1) is 6.58 Å². The van der Waals surface area contributed by atoms with Crippen molar-refractivity contribution in [1.29, 1.82) is 0 Å². The molecule has 0 spiro atoms. The molecule has 9 heteroatoms. The Hall–Kier alpha value is -2.43. The largest absolute Gasteiger partial charge is 0.508 e. The third-order valence-corrected chi connectivity index (χ3v) is 5.00. The average Bonchev–Trinajstić information content (AvgIpc) is 2.74. The molecule has 31 heavy (non-hydrogen) atoms. The van der Waals surface area contributed by atoms with Crippen LogP contribution in [0.4, 0.5) is 0 Å². The molecule has 0 bridgehead atoms.